The fourth-order valence-electron chi connectivity index (χ4n) is 3.61. The first-order valence-corrected chi connectivity index (χ1v) is 14.0. The van der Waals surface area contributed by atoms with Gasteiger partial charge in [-0.3, -0.25) is 4.79 Å². The lowest BCUT2D eigenvalue weighted by molar-refractivity contribution is -0.113. The van der Waals surface area contributed by atoms with Gasteiger partial charge in [0.2, 0.25) is 5.91 Å². The van der Waals surface area contributed by atoms with Gasteiger partial charge in [0.1, 0.15) is 10.6 Å². The van der Waals surface area contributed by atoms with Gasteiger partial charge in [-0.2, -0.15) is 0 Å². The molecule has 0 bridgehead atoms. The van der Waals surface area contributed by atoms with Gasteiger partial charge in [-0.1, -0.05) is 53.6 Å². The largest absolute Gasteiger partial charge is 0.465 e. The minimum Gasteiger partial charge on any atom is -0.465 e. The van der Waals surface area contributed by atoms with E-state index < -0.39 is 5.97 Å². The minimum absolute atomic E-state index is 0.174. The SMILES string of the molecule is COC(=O)c1c(-c2ccc(C)cc2)csc1NC(=O)CSc1cccc(NC(=S)Nc2ccc(C)cc2)c1. The molecule has 0 fully saturated rings. The number of thiocarbonyl (C=S) groups is 1. The number of esters is 1. The van der Waals surface area contributed by atoms with Crippen LogP contribution in [0.4, 0.5) is 16.4 Å². The number of nitrogens with one attached hydrogen (secondary N) is 3. The van der Waals surface area contributed by atoms with Crippen molar-refractivity contribution in [3.8, 4) is 11.1 Å². The van der Waals surface area contributed by atoms with Crippen LogP contribution in [-0.2, 0) is 9.53 Å². The van der Waals surface area contributed by atoms with Crippen molar-refractivity contribution in [3.63, 3.8) is 0 Å². The van der Waals surface area contributed by atoms with E-state index in [1.54, 1.807) is 0 Å². The van der Waals surface area contributed by atoms with E-state index in [9.17, 15) is 9.59 Å². The number of methoxy groups -OCH3 is 1. The number of aryl methyl sites for hydroxylation is 2. The van der Waals surface area contributed by atoms with Gasteiger partial charge >= 0.3 is 5.97 Å². The molecular formula is C29H27N3O3S3. The number of thiophene rings is 1. The molecule has 9 heteroatoms. The summed E-state index contributed by atoms with van der Waals surface area (Å²) in [5.74, 6) is -0.528. The van der Waals surface area contributed by atoms with Crippen molar-refractivity contribution in [1.29, 1.82) is 0 Å². The zero-order chi connectivity index (χ0) is 27.1. The van der Waals surface area contributed by atoms with Crippen LogP contribution in [0.3, 0.4) is 0 Å². The average Bonchev–Trinajstić information content (AvgIpc) is 3.32. The number of benzene rings is 3. The Balaban J connectivity index is 1.37. The van der Waals surface area contributed by atoms with E-state index in [1.165, 1.54) is 35.8 Å². The van der Waals surface area contributed by atoms with Gasteiger partial charge in [0.15, 0.2) is 5.11 Å². The third-order valence-corrected chi connectivity index (χ3v) is 7.66. The van der Waals surface area contributed by atoms with E-state index in [2.05, 4.69) is 16.0 Å². The number of carbonyl (C=O) groups is 2. The number of anilines is 3. The molecule has 0 aliphatic carbocycles. The normalized spacial score (nSPS) is 10.5. The van der Waals surface area contributed by atoms with Gasteiger partial charge in [0.25, 0.3) is 0 Å². The van der Waals surface area contributed by atoms with Crippen LogP contribution in [0.2, 0.25) is 0 Å². The fraction of sp³-hybridized carbons (Fsp3) is 0.138. The third kappa shape index (κ3) is 7.22. The van der Waals surface area contributed by atoms with Crippen LogP contribution < -0.4 is 16.0 Å². The summed E-state index contributed by atoms with van der Waals surface area (Å²) >= 11 is 8.13. The number of carbonyl (C=O) groups excluding carboxylic acids is 2. The highest BCUT2D eigenvalue weighted by Crippen LogP contribution is 2.36. The van der Waals surface area contributed by atoms with Gasteiger partial charge in [-0.15, -0.1) is 23.1 Å². The molecule has 38 heavy (non-hydrogen) atoms. The summed E-state index contributed by atoms with van der Waals surface area (Å²) in [5.41, 5.74) is 6.00. The molecule has 194 valence electrons. The predicted octanol–water partition coefficient (Wildman–Crippen LogP) is 7.36. The molecule has 1 heterocycles. The zero-order valence-electron chi connectivity index (χ0n) is 21.2. The summed E-state index contributed by atoms with van der Waals surface area (Å²) in [6, 6.07) is 23.5. The first-order chi connectivity index (χ1) is 18.3. The molecule has 3 N–H and O–H groups in total. The second kappa shape index (κ2) is 12.7. The zero-order valence-corrected chi connectivity index (χ0v) is 23.6. The number of rotatable bonds is 8. The smallest absolute Gasteiger partial charge is 0.341 e. The summed E-state index contributed by atoms with van der Waals surface area (Å²) in [6.45, 7) is 4.04. The molecular weight excluding hydrogens is 535 g/mol. The summed E-state index contributed by atoms with van der Waals surface area (Å²) in [4.78, 5) is 26.3. The maximum absolute atomic E-state index is 12.8. The highest BCUT2D eigenvalue weighted by atomic mass is 32.2. The van der Waals surface area contributed by atoms with Gasteiger partial charge in [0.05, 0.1) is 12.9 Å². The molecule has 0 saturated carbocycles. The third-order valence-electron chi connectivity index (χ3n) is 5.57. The predicted molar refractivity (Wildman–Crippen MR) is 163 cm³/mol. The lowest BCUT2D eigenvalue weighted by Gasteiger charge is -2.12. The Morgan fingerprint density at radius 1 is 0.895 bits per heavy atom. The van der Waals surface area contributed by atoms with Gasteiger partial charge in [-0.25, -0.2) is 4.79 Å². The molecule has 6 nitrogen and oxygen atoms in total. The number of ether oxygens (including phenoxy) is 1. The van der Waals surface area contributed by atoms with E-state index in [4.69, 9.17) is 17.0 Å². The highest BCUT2D eigenvalue weighted by molar-refractivity contribution is 8.00. The van der Waals surface area contributed by atoms with Crippen molar-refractivity contribution < 1.29 is 14.3 Å². The summed E-state index contributed by atoms with van der Waals surface area (Å²) in [5, 5.41) is 12.0. The fourth-order valence-corrected chi connectivity index (χ4v) is 5.57. The van der Waals surface area contributed by atoms with E-state index in [-0.39, 0.29) is 11.7 Å². The molecule has 0 saturated heterocycles. The Morgan fingerprint density at radius 3 is 2.24 bits per heavy atom. The molecule has 1 aromatic heterocycles. The second-order valence-corrected chi connectivity index (χ2v) is 10.9. The highest BCUT2D eigenvalue weighted by Gasteiger charge is 2.22. The molecule has 0 aliphatic heterocycles. The van der Waals surface area contributed by atoms with Crippen LogP contribution >= 0.6 is 35.3 Å². The van der Waals surface area contributed by atoms with E-state index in [1.807, 2.05) is 92.0 Å². The van der Waals surface area contributed by atoms with Crippen LogP contribution in [0.15, 0.2) is 83.1 Å². The maximum atomic E-state index is 12.8. The molecule has 0 atom stereocenters. The Kier molecular flexibility index (Phi) is 9.17. The first kappa shape index (κ1) is 27.4. The van der Waals surface area contributed by atoms with E-state index >= 15 is 0 Å². The number of amides is 1. The van der Waals surface area contributed by atoms with Gasteiger partial charge in [-0.05, 0) is 62.0 Å². The molecule has 0 radical (unpaired) electrons. The topological polar surface area (TPSA) is 79.5 Å². The van der Waals surface area contributed by atoms with Crippen molar-refractivity contribution in [2.75, 3.05) is 28.8 Å². The minimum atomic E-state index is -0.487. The Labute approximate surface area is 235 Å². The summed E-state index contributed by atoms with van der Waals surface area (Å²) in [6.07, 6.45) is 0. The van der Waals surface area contributed by atoms with Gasteiger partial charge < -0.3 is 20.7 Å². The van der Waals surface area contributed by atoms with Crippen molar-refractivity contribution in [3.05, 3.63) is 94.9 Å². The van der Waals surface area contributed by atoms with E-state index in [0.717, 1.165) is 33.0 Å². The van der Waals surface area contributed by atoms with Crippen LogP contribution in [0.5, 0.6) is 0 Å². The molecule has 4 rings (SSSR count). The number of hydrogen-bond donors (Lipinski definition) is 3. The van der Waals surface area contributed by atoms with Crippen LogP contribution in [0, 0.1) is 13.8 Å². The van der Waals surface area contributed by atoms with Gasteiger partial charge in [0, 0.05) is 27.2 Å². The monoisotopic (exact) mass is 561 g/mol. The molecule has 0 aliphatic rings. The maximum Gasteiger partial charge on any atom is 0.341 e. The van der Waals surface area contributed by atoms with Crippen LogP contribution in [0.1, 0.15) is 21.5 Å². The average molecular weight is 562 g/mol. The van der Waals surface area contributed by atoms with Crippen molar-refractivity contribution in [2.24, 2.45) is 0 Å². The summed E-state index contributed by atoms with van der Waals surface area (Å²) < 4.78 is 5.01. The summed E-state index contributed by atoms with van der Waals surface area (Å²) in [7, 11) is 1.34. The first-order valence-electron chi connectivity index (χ1n) is 11.8. The Hall–Kier alpha value is -3.66. The molecule has 3 aromatic carbocycles. The molecule has 0 unspecified atom stereocenters. The number of hydrogen-bond acceptors (Lipinski definition) is 6. The van der Waals surface area contributed by atoms with Crippen LogP contribution in [-0.4, -0.2) is 29.9 Å². The lowest BCUT2D eigenvalue weighted by Crippen LogP contribution is -2.19. The van der Waals surface area contributed by atoms with Crippen molar-refractivity contribution in [1.82, 2.24) is 0 Å². The van der Waals surface area contributed by atoms with E-state index in [0.29, 0.717) is 15.7 Å². The number of thioether (sulfide) groups is 1. The Bertz CT molecular complexity index is 1450. The lowest BCUT2D eigenvalue weighted by atomic mass is 10.0. The molecule has 4 aromatic rings. The quantitative estimate of drug-likeness (QED) is 0.118. The molecule has 0 spiro atoms. The van der Waals surface area contributed by atoms with Crippen LogP contribution in [0.25, 0.3) is 11.1 Å². The standard InChI is InChI=1S/C29H27N3O3S3/c1-18-7-11-20(12-8-18)24-16-38-27(26(24)28(34)35-3)32-25(33)17-37-23-6-4-5-22(15-23)31-29(36)30-21-13-9-19(2)10-14-21/h4-16H,17H2,1-3H3,(H,32,33)(H2,30,31,36). The Morgan fingerprint density at radius 2 is 1.55 bits per heavy atom. The van der Waals surface area contributed by atoms with Crippen molar-refractivity contribution >= 4 is 68.7 Å². The van der Waals surface area contributed by atoms with Crippen molar-refractivity contribution in [2.45, 2.75) is 18.7 Å². The molecule has 1 amide bonds. The second-order valence-electron chi connectivity index (χ2n) is 8.52.